The highest BCUT2D eigenvalue weighted by molar-refractivity contribution is 5.98. The van der Waals surface area contributed by atoms with Crippen LogP contribution in [0, 0.1) is 5.92 Å². The molecule has 8 heteroatoms. The van der Waals surface area contributed by atoms with E-state index in [1.54, 1.807) is 0 Å². The molecule has 1 saturated heterocycles. The first-order valence-electron chi connectivity index (χ1n) is 5.14. The van der Waals surface area contributed by atoms with Crippen molar-refractivity contribution in [1.82, 2.24) is 9.97 Å². The number of amides is 2. The van der Waals surface area contributed by atoms with Gasteiger partial charge in [-0.15, -0.1) is 0 Å². The van der Waals surface area contributed by atoms with E-state index in [1.807, 2.05) is 0 Å². The molecule has 1 aromatic rings. The second-order valence-corrected chi connectivity index (χ2v) is 3.88. The smallest absolute Gasteiger partial charge is 0.338 e. The van der Waals surface area contributed by atoms with Gasteiger partial charge in [-0.3, -0.25) is 14.5 Å². The molecule has 8 nitrogen and oxygen atoms in total. The van der Waals surface area contributed by atoms with E-state index in [-0.39, 0.29) is 30.4 Å². The highest BCUT2D eigenvalue weighted by Crippen LogP contribution is 2.21. The lowest BCUT2D eigenvalue weighted by atomic mass is 10.1. The largest absolute Gasteiger partial charge is 0.478 e. The SMILES string of the molecule is NC(=O)C1CC(=O)N(c2ncc(C(=O)O)cn2)C1. The normalized spacial score (nSPS) is 19.0. The summed E-state index contributed by atoms with van der Waals surface area (Å²) in [5, 5.41) is 8.69. The van der Waals surface area contributed by atoms with E-state index in [9.17, 15) is 14.4 Å². The maximum Gasteiger partial charge on any atom is 0.338 e. The molecule has 0 radical (unpaired) electrons. The molecular formula is C10H10N4O4. The van der Waals surface area contributed by atoms with Crippen LogP contribution < -0.4 is 10.6 Å². The fourth-order valence-corrected chi connectivity index (χ4v) is 1.66. The molecule has 2 rings (SSSR count). The minimum atomic E-state index is -1.15. The zero-order valence-corrected chi connectivity index (χ0v) is 9.24. The fraction of sp³-hybridized carbons (Fsp3) is 0.300. The van der Waals surface area contributed by atoms with Gasteiger partial charge in [0.2, 0.25) is 17.8 Å². The van der Waals surface area contributed by atoms with E-state index in [0.29, 0.717) is 0 Å². The Kier molecular flexibility index (Phi) is 2.92. The lowest BCUT2D eigenvalue weighted by molar-refractivity contribution is -0.123. The number of carboxylic acids is 1. The Morgan fingerprint density at radius 1 is 1.39 bits per heavy atom. The van der Waals surface area contributed by atoms with Crippen molar-refractivity contribution in [1.29, 1.82) is 0 Å². The standard InChI is InChI=1S/C10H10N4O4/c11-8(16)5-1-7(15)14(4-5)10-12-2-6(3-13-10)9(17)18/h2-3,5H,1,4H2,(H2,11,16)(H,17,18). The summed E-state index contributed by atoms with van der Waals surface area (Å²) in [5.41, 5.74) is 5.06. The van der Waals surface area contributed by atoms with Crippen LogP contribution >= 0.6 is 0 Å². The fourth-order valence-electron chi connectivity index (χ4n) is 1.66. The van der Waals surface area contributed by atoms with Gasteiger partial charge in [-0.25, -0.2) is 14.8 Å². The molecule has 0 bridgehead atoms. The third kappa shape index (κ3) is 2.12. The minimum absolute atomic E-state index is 0.0272. The molecule has 0 saturated carbocycles. The number of nitrogens with zero attached hydrogens (tertiary/aromatic N) is 3. The summed E-state index contributed by atoms with van der Waals surface area (Å²) < 4.78 is 0. The number of anilines is 1. The molecule has 18 heavy (non-hydrogen) atoms. The monoisotopic (exact) mass is 250 g/mol. The number of aromatic nitrogens is 2. The first-order valence-corrected chi connectivity index (χ1v) is 5.14. The molecule has 0 aliphatic carbocycles. The van der Waals surface area contributed by atoms with E-state index in [4.69, 9.17) is 10.8 Å². The van der Waals surface area contributed by atoms with Crippen molar-refractivity contribution >= 4 is 23.7 Å². The molecular weight excluding hydrogens is 240 g/mol. The third-order valence-corrected chi connectivity index (χ3v) is 2.65. The highest BCUT2D eigenvalue weighted by atomic mass is 16.4. The van der Waals surface area contributed by atoms with Crippen LogP contribution in [0.3, 0.4) is 0 Å². The summed E-state index contributed by atoms with van der Waals surface area (Å²) >= 11 is 0. The van der Waals surface area contributed by atoms with Crippen molar-refractivity contribution in [3.05, 3.63) is 18.0 Å². The van der Waals surface area contributed by atoms with Crippen LogP contribution in [0.5, 0.6) is 0 Å². The van der Waals surface area contributed by atoms with Crippen LogP contribution in [0.15, 0.2) is 12.4 Å². The van der Waals surface area contributed by atoms with Gasteiger partial charge >= 0.3 is 5.97 Å². The second kappa shape index (κ2) is 4.40. The van der Waals surface area contributed by atoms with Gasteiger partial charge < -0.3 is 10.8 Å². The summed E-state index contributed by atoms with van der Waals surface area (Å²) in [7, 11) is 0. The number of carbonyl (C=O) groups is 3. The maximum absolute atomic E-state index is 11.6. The Labute approximate surface area is 101 Å². The number of nitrogens with two attached hydrogens (primary N) is 1. The summed E-state index contributed by atoms with van der Waals surface area (Å²) in [5.74, 6) is -2.48. The van der Waals surface area contributed by atoms with Crippen LogP contribution in [0.1, 0.15) is 16.8 Å². The maximum atomic E-state index is 11.6. The van der Waals surface area contributed by atoms with Crippen LogP contribution in [-0.2, 0) is 9.59 Å². The van der Waals surface area contributed by atoms with E-state index in [0.717, 1.165) is 12.4 Å². The van der Waals surface area contributed by atoms with Crippen molar-refractivity contribution in [3.8, 4) is 0 Å². The average molecular weight is 250 g/mol. The molecule has 0 aromatic carbocycles. The Balaban J connectivity index is 2.19. The average Bonchev–Trinajstić information content (AvgIpc) is 2.71. The number of aromatic carboxylic acids is 1. The van der Waals surface area contributed by atoms with E-state index >= 15 is 0 Å². The Morgan fingerprint density at radius 3 is 2.44 bits per heavy atom. The summed E-state index contributed by atoms with van der Waals surface area (Å²) in [6, 6.07) is 0. The molecule has 0 spiro atoms. The summed E-state index contributed by atoms with van der Waals surface area (Å²) in [6.07, 6.45) is 2.24. The molecule has 1 fully saturated rings. The molecule has 2 heterocycles. The van der Waals surface area contributed by atoms with Gasteiger partial charge in [0.1, 0.15) is 0 Å². The van der Waals surface area contributed by atoms with Gasteiger partial charge in [0, 0.05) is 25.4 Å². The topological polar surface area (TPSA) is 126 Å². The van der Waals surface area contributed by atoms with Gasteiger partial charge in [0.15, 0.2) is 0 Å². The minimum Gasteiger partial charge on any atom is -0.478 e. The van der Waals surface area contributed by atoms with Crippen LogP contribution in [0.2, 0.25) is 0 Å². The van der Waals surface area contributed by atoms with Crippen molar-refractivity contribution in [2.75, 3.05) is 11.4 Å². The zero-order chi connectivity index (χ0) is 13.3. The van der Waals surface area contributed by atoms with Crippen molar-refractivity contribution < 1.29 is 19.5 Å². The molecule has 1 aromatic heterocycles. The van der Waals surface area contributed by atoms with Crippen LogP contribution in [0.4, 0.5) is 5.95 Å². The summed E-state index contributed by atoms with van der Waals surface area (Å²) in [4.78, 5) is 42.0. The number of primary amides is 1. The molecule has 1 aliphatic rings. The second-order valence-electron chi connectivity index (χ2n) is 3.88. The first-order chi connectivity index (χ1) is 8.49. The van der Waals surface area contributed by atoms with Gasteiger partial charge in [0.25, 0.3) is 0 Å². The van der Waals surface area contributed by atoms with Crippen molar-refractivity contribution in [2.45, 2.75) is 6.42 Å². The highest BCUT2D eigenvalue weighted by Gasteiger charge is 2.35. The summed E-state index contributed by atoms with van der Waals surface area (Å²) in [6.45, 7) is 0.126. The molecule has 1 aliphatic heterocycles. The van der Waals surface area contributed by atoms with Crippen LogP contribution in [-0.4, -0.2) is 39.4 Å². The Bertz CT molecular complexity index is 513. The number of hydrogen-bond acceptors (Lipinski definition) is 5. The van der Waals surface area contributed by atoms with E-state index in [1.165, 1.54) is 4.90 Å². The van der Waals surface area contributed by atoms with Gasteiger partial charge in [-0.2, -0.15) is 0 Å². The molecule has 94 valence electrons. The van der Waals surface area contributed by atoms with E-state index in [2.05, 4.69) is 9.97 Å². The van der Waals surface area contributed by atoms with Gasteiger partial charge in [0.05, 0.1) is 11.5 Å². The predicted molar refractivity (Wildman–Crippen MR) is 58.6 cm³/mol. The molecule has 1 unspecified atom stereocenters. The zero-order valence-electron chi connectivity index (χ0n) is 9.24. The van der Waals surface area contributed by atoms with Crippen molar-refractivity contribution in [3.63, 3.8) is 0 Å². The quantitative estimate of drug-likeness (QED) is 0.709. The lowest BCUT2D eigenvalue weighted by Gasteiger charge is -2.13. The lowest BCUT2D eigenvalue weighted by Crippen LogP contribution is -2.29. The van der Waals surface area contributed by atoms with Gasteiger partial charge in [-0.05, 0) is 0 Å². The first kappa shape index (κ1) is 12.0. The molecule has 2 amide bonds. The molecule has 1 atom stereocenters. The Hall–Kier alpha value is -2.51. The number of carboxylic acid groups (broad SMARTS) is 1. The van der Waals surface area contributed by atoms with Crippen molar-refractivity contribution in [2.24, 2.45) is 11.7 Å². The van der Waals surface area contributed by atoms with E-state index < -0.39 is 17.8 Å². The molecule has 3 N–H and O–H groups in total. The van der Waals surface area contributed by atoms with Gasteiger partial charge in [-0.1, -0.05) is 0 Å². The third-order valence-electron chi connectivity index (χ3n) is 2.65. The van der Waals surface area contributed by atoms with Crippen LogP contribution in [0.25, 0.3) is 0 Å². The number of carbonyl (C=O) groups excluding carboxylic acids is 2. The predicted octanol–water partition coefficient (Wildman–Crippen LogP) is -0.987. The number of hydrogen-bond donors (Lipinski definition) is 2. The number of rotatable bonds is 3. The Morgan fingerprint density at radius 2 is 2.00 bits per heavy atom.